The Bertz CT molecular complexity index is 711. The van der Waals surface area contributed by atoms with E-state index in [4.69, 9.17) is 4.98 Å². The average Bonchev–Trinajstić information content (AvgIpc) is 2.87. The van der Waals surface area contributed by atoms with Crippen molar-refractivity contribution < 1.29 is 0 Å². The van der Waals surface area contributed by atoms with Gasteiger partial charge in [-0.2, -0.15) is 0 Å². The van der Waals surface area contributed by atoms with Crippen molar-refractivity contribution in [2.45, 2.75) is 19.9 Å². The third-order valence-corrected chi connectivity index (χ3v) is 3.53. The lowest BCUT2D eigenvalue weighted by atomic mass is 10.2. The van der Waals surface area contributed by atoms with Gasteiger partial charge in [0, 0.05) is 24.8 Å². The molecule has 0 aliphatic heterocycles. The molecule has 3 heteroatoms. The van der Waals surface area contributed by atoms with Gasteiger partial charge in [0.2, 0.25) is 0 Å². The summed E-state index contributed by atoms with van der Waals surface area (Å²) >= 11 is 0. The van der Waals surface area contributed by atoms with Crippen LogP contribution < -0.4 is 5.32 Å². The minimum atomic E-state index is 0.990. The number of imidazole rings is 1. The number of hydrogen-bond acceptors (Lipinski definition) is 2. The SMILES string of the molecule is CCCn1c(-c2ccc(NC)cc2)nc2ccccc21. The first kappa shape index (κ1) is 12.7. The van der Waals surface area contributed by atoms with E-state index in [0.717, 1.165) is 35.6 Å². The molecule has 0 atom stereocenters. The number of rotatable bonds is 4. The molecule has 102 valence electrons. The van der Waals surface area contributed by atoms with E-state index in [9.17, 15) is 0 Å². The van der Waals surface area contributed by atoms with E-state index in [1.165, 1.54) is 5.52 Å². The summed E-state index contributed by atoms with van der Waals surface area (Å²) in [4.78, 5) is 4.80. The third-order valence-electron chi connectivity index (χ3n) is 3.53. The van der Waals surface area contributed by atoms with Crippen LogP contribution in [0.1, 0.15) is 13.3 Å². The van der Waals surface area contributed by atoms with Crippen molar-refractivity contribution in [3.05, 3.63) is 48.5 Å². The van der Waals surface area contributed by atoms with Crippen LogP contribution in [0.15, 0.2) is 48.5 Å². The number of aromatic nitrogens is 2. The van der Waals surface area contributed by atoms with Gasteiger partial charge in [0.15, 0.2) is 0 Å². The number of aryl methyl sites for hydroxylation is 1. The van der Waals surface area contributed by atoms with Crippen LogP contribution in [0.5, 0.6) is 0 Å². The summed E-state index contributed by atoms with van der Waals surface area (Å²) in [6, 6.07) is 16.8. The number of nitrogens with one attached hydrogen (secondary N) is 1. The molecule has 0 saturated carbocycles. The molecule has 3 aromatic rings. The molecule has 0 spiro atoms. The van der Waals surface area contributed by atoms with Gasteiger partial charge in [0.25, 0.3) is 0 Å². The van der Waals surface area contributed by atoms with E-state index in [1.807, 2.05) is 13.1 Å². The maximum atomic E-state index is 4.80. The van der Waals surface area contributed by atoms with Crippen molar-refractivity contribution in [2.24, 2.45) is 0 Å². The molecule has 1 aromatic heterocycles. The van der Waals surface area contributed by atoms with Crippen LogP contribution in [0.2, 0.25) is 0 Å². The molecule has 0 unspecified atom stereocenters. The molecular formula is C17H19N3. The Morgan fingerprint density at radius 1 is 1.05 bits per heavy atom. The van der Waals surface area contributed by atoms with Crippen LogP contribution in [0.4, 0.5) is 5.69 Å². The smallest absolute Gasteiger partial charge is 0.141 e. The van der Waals surface area contributed by atoms with E-state index in [1.54, 1.807) is 0 Å². The van der Waals surface area contributed by atoms with Crippen LogP contribution in [-0.2, 0) is 6.54 Å². The largest absolute Gasteiger partial charge is 0.388 e. The quantitative estimate of drug-likeness (QED) is 0.767. The van der Waals surface area contributed by atoms with Crippen molar-refractivity contribution >= 4 is 16.7 Å². The maximum Gasteiger partial charge on any atom is 0.141 e. The van der Waals surface area contributed by atoms with Crippen LogP contribution >= 0.6 is 0 Å². The zero-order chi connectivity index (χ0) is 13.9. The number of nitrogens with zero attached hydrogens (tertiary/aromatic N) is 2. The molecule has 1 heterocycles. The normalized spacial score (nSPS) is 10.9. The van der Waals surface area contributed by atoms with Crippen molar-refractivity contribution in [3.8, 4) is 11.4 Å². The lowest BCUT2D eigenvalue weighted by molar-refractivity contribution is 0.704. The van der Waals surface area contributed by atoms with Gasteiger partial charge in [-0.1, -0.05) is 19.1 Å². The molecule has 0 aliphatic carbocycles. The molecular weight excluding hydrogens is 246 g/mol. The summed E-state index contributed by atoms with van der Waals surface area (Å²) < 4.78 is 2.31. The zero-order valence-electron chi connectivity index (χ0n) is 11.9. The molecule has 0 fully saturated rings. The number of anilines is 1. The van der Waals surface area contributed by atoms with Crippen LogP contribution in [-0.4, -0.2) is 16.6 Å². The number of benzene rings is 2. The molecule has 0 bridgehead atoms. The third kappa shape index (κ3) is 2.16. The molecule has 0 radical (unpaired) electrons. The predicted molar refractivity (Wildman–Crippen MR) is 85.0 cm³/mol. The van der Waals surface area contributed by atoms with Gasteiger partial charge >= 0.3 is 0 Å². The van der Waals surface area contributed by atoms with Crippen LogP contribution in [0.3, 0.4) is 0 Å². The lowest BCUT2D eigenvalue weighted by Crippen LogP contribution is -1.99. The number of hydrogen-bond donors (Lipinski definition) is 1. The minimum absolute atomic E-state index is 0.990. The number of fused-ring (bicyclic) bond motifs is 1. The Balaban J connectivity index is 2.15. The topological polar surface area (TPSA) is 29.9 Å². The van der Waals surface area contributed by atoms with Crippen LogP contribution in [0, 0.1) is 0 Å². The Labute approximate surface area is 119 Å². The predicted octanol–water partition coefficient (Wildman–Crippen LogP) is 4.16. The van der Waals surface area contributed by atoms with Crippen molar-refractivity contribution in [3.63, 3.8) is 0 Å². The van der Waals surface area contributed by atoms with Gasteiger partial charge in [-0.15, -0.1) is 0 Å². The van der Waals surface area contributed by atoms with Crippen molar-refractivity contribution in [1.82, 2.24) is 9.55 Å². The molecule has 2 aromatic carbocycles. The standard InChI is InChI=1S/C17H19N3/c1-3-12-20-16-7-5-4-6-15(16)19-17(20)13-8-10-14(18-2)11-9-13/h4-11,18H,3,12H2,1-2H3. The van der Waals surface area contributed by atoms with Gasteiger partial charge in [-0.25, -0.2) is 4.98 Å². The average molecular weight is 265 g/mol. The molecule has 20 heavy (non-hydrogen) atoms. The minimum Gasteiger partial charge on any atom is -0.388 e. The fourth-order valence-electron chi connectivity index (χ4n) is 2.53. The Morgan fingerprint density at radius 2 is 1.80 bits per heavy atom. The van der Waals surface area contributed by atoms with Crippen molar-refractivity contribution in [2.75, 3.05) is 12.4 Å². The molecule has 3 nitrogen and oxygen atoms in total. The molecule has 1 N–H and O–H groups in total. The molecule has 3 rings (SSSR count). The van der Waals surface area contributed by atoms with E-state index in [-0.39, 0.29) is 0 Å². The first-order valence-electron chi connectivity index (χ1n) is 7.07. The summed E-state index contributed by atoms with van der Waals surface area (Å²) in [5.74, 6) is 1.05. The van der Waals surface area contributed by atoms with Gasteiger partial charge in [-0.05, 0) is 42.8 Å². The lowest BCUT2D eigenvalue weighted by Gasteiger charge is -2.08. The van der Waals surface area contributed by atoms with Gasteiger partial charge in [0.1, 0.15) is 5.82 Å². The Kier molecular flexibility index (Phi) is 3.42. The highest BCUT2D eigenvalue weighted by atomic mass is 15.1. The van der Waals surface area contributed by atoms with Gasteiger partial charge in [0.05, 0.1) is 11.0 Å². The molecule has 0 amide bonds. The fourth-order valence-corrected chi connectivity index (χ4v) is 2.53. The fraction of sp³-hybridized carbons (Fsp3) is 0.235. The second-order valence-corrected chi connectivity index (χ2v) is 4.90. The summed E-state index contributed by atoms with van der Waals surface area (Å²) in [6.45, 7) is 3.19. The second-order valence-electron chi connectivity index (χ2n) is 4.90. The molecule has 0 saturated heterocycles. The zero-order valence-corrected chi connectivity index (χ0v) is 11.9. The highest BCUT2D eigenvalue weighted by Gasteiger charge is 2.11. The van der Waals surface area contributed by atoms with Crippen LogP contribution in [0.25, 0.3) is 22.4 Å². The highest BCUT2D eigenvalue weighted by molar-refractivity contribution is 5.80. The van der Waals surface area contributed by atoms with Gasteiger partial charge < -0.3 is 9.88 Å². The van der Waals surface area contributed by atoms with E-state index < -0.39 is 0 Å². The van der Waals surface area contributed by atoms with Crippen molar-refractivity contribution in [1.29, 1.82) is 0 Å². The molecule has 0 aliphatic rings. The second kappa shape index (κ2) is 5.37. The Hall–Kier alpha value is -2.29. The monoisotopic (exact) mass is 265 g/mol. The summed E-state index contributed by atoms with van der Waals surface area (Å²) in [7, 11) is 1.93. The summed E-state index contributed by atoms with van der Waals surface area (Å²) in [5, 5.41) is 3.14. The van der Waals surface area contributed by atoms with Gasteiger partial charge in [-0.3, -0.25) is 0 Å². The summed E-state index contributed by atoms with van der Waals surface area (Å²) in [5.41, 5.74) is 4.55. The maximum absolute atomic E-state index is 4.80. The van der Waals surface area contributed by atoms with E-state index in [0.29, 0.717) is 0 Å². The summed E-state index contributed by atoms with van der Waals surface area (Å²) in [6.07, 6.45) is 1.10. The first-order valence-corrected chi connectivity index (χ1v) is 7.07. The highest BCUT2D eigenvalue weighted by Crippen LogP contribution is 2.26. The van der Waals surface area contributed by atoms with E-state index in [2.05, 4.69) is 59.3 Å². The Morgan fingerprint density at radius 3 is 2.50 bits per heavy atom. The number of para-hydroxylation sites is 2. The first-order chi connectivity index (χ1) is 9.83. The van der Waals surface area contributed by atoms with E-state index >= 15 is 0 Å².